The lowest BCUT2D eigenvalue weighted by molar-refractivity contribution is 0.276. The van der Waals surface area contributed by atoms with Gasteiger partial charge in [0.2, 0.25) is 0 Å². The summed E-state index contributed by atoms with van der Waals surface area (Å²) in [5.41, 5.74) is 0. The maximum absolute atomic E-state index is 8.68. The highest BCUT2D eigenvalue weighted by Crippen LogP contribution is 2.23. The molecule has 1 aromatic carbocycles. The van der Waals surface area contributed by atoms with Crippen LogP contribution in [0.1, 0.15) is 46.0 Å². The predicted octanol–water partition coefficient (Wildman–Crippen LogP) is 5.04. The van der Waals surface area contributed by atoms with Crippen molar-refractivity contribution in [2.24, 2.45) is 0 Å². The molecule has 0 aliphatic carbocycles. The van der Waals surface area contributed by atoms with Gasteiger partial charge >= 0.3 is 0 Å². The van der Waals surface area contributed by atoms with Gasteiger partial charge in [0.25, 0.3) is 0 Å². The lowest BCUT2D eigenvalue weighted by Crippen LogP contribution is -2.07. The van der Waals surface area contributed by atoms with Crippen molar-refractivity contribution in [1.29, 1.82) is 5.26 Å². The largest absolute Gasteiger partial charge is 0.476 e. The first-order chi connectivity index (χ1) is 9.26. The van der Waals surface area contributed by atoms with E-state index in [1.807, 2.05) is 23.9 Å². The van der Waals surface area contributed by atoms with Gasteiger partial charge in [-0.1, -0.05) is 32.6 Å². The summed E-state index contributed by atoms with van der Waals surface area (Å²) in [6.07, 6.45) is 6.24. The van der Waals surface area contributed by atoms with E-state index in [-0.39, 0.29) is 0 Å². The van der Waals surface area contributed by atoms with Crippen LogP contribution in [0.3, 0.4) is 0 Å². The number of benzene rings is 1. The predicted molar refractivity (Wildman–Crippen MR) is 81.6 cm³/mol. The Morgan fingerprint density at radius 3 is 2.47 bits per heavy atom. The fourth-order valence-corrected chi connectivity index (χ4v) is 2.65. The molecular formula is C16H23NOS. The lowest BCUT2D eigenvalue weighted by atomic mass is 10.2. The van der Waals surface area contributed by atoms with E-state index in [2.05, 4.69) is 25.1 Å². The van der Waals surface area contributed by atoms with E-state index in [1.165, 1.54) is 42.8 Å². The quantitative estimate of drug-likeness (QED) is 0.468. The average molecular weight is 277 g/mol. The smallest absolute Gasteiger partial charge is 0.181 e. The summed E-state index contributed by atoms with van der Waals surface area (Å²) in [6, 6.07) is 10.1. The van der Waals surface area contributed by atoms with Crippen molar-refractivity contribution < 1.29 is 4.74 Å². The molecule has 0 saturated heterocycles. The van der Waals surface area contributed by atoms with Crippen LogP contribution in [0.4, 0.5) is 0 Å². The number of thioether (sulfide) groups is 1. The van der Waals surface area contributed by atoms with Crippen molar-refractivity contribution in [2.45, 2.75) is 57.0 Å². The van der Waals surface area contributed by atoms with Crippen molar-refractivity contribution >= 4 is 11.8 Å². The van der Waals surface area contributed by atoms with Crippen LogP contribution in [0.25, 0.3) is 0 Å². The highest BCUT2D eigenvalue weighted by atomic mass is 32.2. The third kappa shape index (κ3) is 7.12. The van der Waals surface area contributed by atoms with Crippen molar-refractivity contribution in [2.75, 3.05) is 5.75 Å². The second-order valence-electron chi connectivity index (χ2n) is 4.62. The zero-order chi connectivity index (χ0) is 13.9. The number of hydrogen-bond donors (Lipinski definition) is 0. The van der Waals surface area contributed by atoms with Crippen LogP contribution in [0.2, 0.25) is 0 Å². The van der Waals surface area contributed by atoms with Gasteiger partial charge in [-0.15, -0.1) is 11.8 Å². The van der Waals surface area contributed by atoms with Crippen LogP contribution >= 0.6 is 11.8 Å². The zero-order valence-corrected chi connectivity index (χ0v) is 12.7. The molecule has 0 spiro atoms. The molecule has 0 bridgehead atoms. The summed E-state index contributed by atoms with van der Waals surface area (Å²) >= 11 is 1.89. The van der Waals surface area contributed by atoms with Gasteiger partial charge in [0, 0.05) is 4.90 Å². The first kappa shape index (κ1) is 15.9. The Labute approximate surface area is 121 Å². The average Bonchev–Trinajstić information content (AvgIpc) is 2.44. The van der Waals surface area contributed by atoms with E-state index in [4.69, 9.17) is 10.00 Å². The van der Waals surface area contributed by atoms with Gasteiger partial charge < -0.3 is 4.74 Å². The van der Waals surface area contributed by atoms with Gasteiger partial charge in [0.1, 0.15) is 11.8 Å². The third-order valence-electron chi connectivity index (χ3n) is 2.84. The van der Waals surface area contributed by atoms with Crippen molar-refractivity contribution in [3.05, 3.63) is 24.3 Å². The molecule has 0 aromatic heterocycles. The van der Waals surface area contributed by atoms with E-state index in [9.17, 15) is 0 Å². The minimum atomic E-state index is -0.392. The molecule has 1 atom stereocenters. The van der Waals surface area contributed by atoms with E-state index in [0.717, 1.165) is 5.75 Å². The first-order valence-electron chi connectivity index (χ1n) is 7.05. The maximum atomic E-state index is 8.68. The second kappa shape index (κ2) is 9.75. The Bertz CT molecular complexity index is 383. The Morgan fingerprint density at radius 2 is 1.84 bits per heavy atom. The fourth-order valence-electron chi connectivity index (χ4n) is 1.74. The number of rotatable bonds is 9. The first-order valence-corrected chi connectivity index (χ1v) is 8.04. The highest BCUT2D eigenvalue weighted by molar-refractivity contribution is 7.99. The zero-order valence-electron chi connectivity index (χ0n) is 11.9. The molecule has 1 aromatic rings. The maximum Gasteiger partial charge on any atom is 0.181 e. The summed E-state index contributed by atoms with van der Waals surface area (Å²) in [5, 5.41) is 8.68. The summed E-state index contributed by atoms with van der Waals surface area (Å²) in [7, 11) is 0. The molecular weight excluding hydrogens is 254 g/mol. The molecule has 0 amide bonds. The second-order valence-corrected chi connectivity index (χ2v) is 5.79. The van der Waals surface area contributed by atoms with Crippen LogP contribution in [-0.2, 0) is 0 Å². The number of ether oxygens (including phenoxy) is 1. The SMILES string of the molecule is CCCCCCCSc1ccc(O[C@H](C)C#N)cc1. The van der Waals surface area contributed by atoms with Crippen LogP contribution < -0.4 is 4.74 Å². The molecule has 0 N–H and O–H groups in total. The van der Waals surface area contributed by atoms with Crippen LogP contribution in [0.15, 0.2) is 29.2 Å². The third-order valence-corrected chi connectivity index (χ3v) is 3.93. The molecule has 0 aliphatic rings. The summed E-state index contributed by atoms with van der Waals surface area (Å²) in [6.45, 7) is 3.99. The number of hydrogen-bond acceptors (Lipinski definition) is 3. The molecule has 19 heavy (non-hydrogen) atoms. The molecule has 1 rings (SSSR count). The number of nitriles is 1. The topological polar surface area (TPSA) is 33.0 Å². The molecule has 0 unspecified atom stereocenters. The Morgan fingerprint density at radius 1 is 1.16 bits per heavy atom. The summed E-state index contributed by atoms with van der Waals surface area (Å²) in [5.74, 6) is 1.94. The van der Waals surface area contributed by atoms with Gasteiger partial charge in [-0.3, -0.25) is 0 Å². The Kier molecular flexibility index (Phi) is 8.16. The van der Waals surface area contributed by atoms with Crippen LogP contribution in [0, 0.1) is 11.3 Å². The van der Waals surface area contributed by atoms with Crippen LogP contribution in [-0.4, -0.2) is 11.9 Å². The normalized spacial score (nSPS) is 11.8. The molecule has 3 heteroatoms. The Balaban J connectivity index is 2.23. The van der Waals surface area contributed by atoms with E-state index in [1.54, 1.807) is 6.92 Å². The van der Waals surface area contributed by atoms with Gasteiger partial charge in [-0.2, -0.15) is 5.26 Å². The molecule has 0 aliphatic heterocycles. The minimum Gasteiger partial charge on any atom is -0.476 e. The van der Waals surface area contributed by atoms with E-state index in [0.29, 0.717) is 0 Å². The van der Waals surface area contributed by atoms with Gasteiger partial charge in [-0.25, -0.2) is 0 Å². The summed E-state index contributed by atoms with van der Waals surface area (Å²) in [4.78, 5) is 1.27. The summed E-state index contributed by atoms with van der Waals surface area (Å²) < 4.78 is 5.42. The molecule has 104 valence electrons. The van der Waals surface area contributed by atoms with E-state index < -0.39 is 6.10 Å². The van der Waals surface area contributed by atoms with Crippen LogP contribution in [0.5, 0.6) is 5.75 Å². The number of nitrogens with zero attached hydrogens (tertiary/aromatic N) is 1. The van der Waals surface area contributed by atoms with Crippen molar-refractivity contribution in [3.63, 3.8) is 0 Å². The molecule has 0 heterocycles. The number of unbranched alkanes of at least 4 members (excludes halogenated alkanes) is 4. The Hall–Kier alpha value is -1.14. The van der Waals surface area contributed by atoms with Crippen molar-refractivity contribution in [1.82, 2.24) is 0 Å². The monoisotopic (exact) mass is 277 g/mol. The highest BCUT2D eigenvalue weighted by Gasteiger charge is 2.01. The molecule has 0 fully saturated rings. The lowest BCUT2D eigenvalue weighted by Gasteiger charge is -2.08. The minimum absolute atomic E-state index is 0.392. The van der Waals surface area contributed by atoms with Gasteiger partial charge in [-0.05, 0) is 43.4 Å². The van der Waals surface area contributed by atoms with Gasteiger partial charge in [0.05, 0.1) is 0 Å². The standard InChI is InChI=1S/C16H23NOS/c1-3-4-5-6-7-12-19-16-10-8-15(9-11-16)18-14(2)13-17/h8-11,14H,3-7,12H2,1-2H3/t14-/m1/s1. The molecule has 0 saturated carbocycles. The molecule has 2 nitrogen and oxygen atoms in total. The van der Waals surface area contributed by atoms with E-state index >= 15 is 0 Å². The van der Waals surface area contributed by atoms with Crippen molar-refractivity contribution in [3.8, 4) is 11.8 Å². The molecule has 0 radical (unpaired) electrons. The fraction of sp³-hybridized carbons (Fsp3) is 0.562. The van der Waals surface area contributed by atoms with Gasteiger partial charge in [0.15, 0.2) is 6.10 Å².